The van der Waals surface area contributed by atoms with E-state index < -0.39 is 11.5 Å². The highest BCUT2D eigenvalue weighted by atomic mass is 19.3. The molecule has 0 aromatic carbocycles. The average Bonchev–Trinajstić information content (AvgIpc) is 2.56. The maximum atomic E-state index is 12.9. The van der Waals surface area contributed by atoms with Crippen LogP contribution in [0.3, 0.4) is 0 Å². The molecule has 5 heteroatoms. The lowest BCUT2D eigenvalue weighted by Crippen LogP contribution is -2.56. The molecule has 82 valence electrons. The van der Waals surface area contributed by atoms with Gasteiger partial charge in [0.2, 0.25) is 0 Å². The van der Waals surface area contributed by atoms with Crippen molar-refractivity contribution < 1.29 is 8.78 Å². The van der Waals surface area contributed by atoms with Crippen molar-refractivity contribution in [1.82, 2.24) is 10.2 Å². The highest BCUT2D eigenvalue weighted by molar-refractivity contribution is 5.36. The molecule has 0 atom stereocenters. The van der Waals surface area contributed by atoms with E-state index in [1.54, 1.807) is 0 Å². The molecule has 0 bridgehead atoms. The van der Waals surface area contributed by atoms with Gasteiger partial charge >= 0.3 is 0 Å². The van der Waals surface area contributed by atoms with Crippen LogP contribution in [0.25, 0.3) is 0 Å². The number of halogens is 2. The fourth-order valence-electron chi connectivity index (χ4n) is 2.77. The average molecular weight is 213 g/mol. The number of nitrogens with zero attached hydrogens (tertiary/aromatic N) is 1. The zero-order valence-electron chi connectivity index (χ0n) is 8.32. The van der Waals surface area contributed by atoms with Gasteiger partial charge < -0.3 is 5.73 Å². The predicted molar refractivity (Wildman–Crippen MR) is 50.7 cm³/mol. The first-order valence-electron chi connectivity index (χ1n) is 5.24. The fourth-order valence-corrected chi connectivity index (χ4v) is 2.77. The summed E-state index contributed by atoms with van der Waals surface area (Å²) in [4.78, 5) is 0. The van der Waals surface area contributed by atoms with E-state index >= 15 is 0 Å². The Hall–Kier alpha value is -0.970. The minimum atomic E-state index is -2.60. The molecule has 1 heterocycles. The van der Waals surface area contributed by atoms with Crippen molar-refractivity contribution in [1.29, 1.82) is 0 Å². The fraction of sp³-hybridized carbons (Fsp3) is 0.700. The number of aromatic amines is 1. The first kappa shape index (κ1) is 9.27. The van der Waals surface area contributed by atoms with Crippen LogP contribution in [0.2, 0.25) is 0 Å². The molecule has 1 fully saturated rings. The highest BCUT2D eigenvalue weighted by Crippen LogP contribution is 2.50. The Bertz CT molecular complexity index is 403. The lowest BCUT2D eigenvalue weighted by atomic mass is 9.71. The molecule has 2 aliphatic rings. The number of hydrogen-bond acceptors (Lipinski definition) is 2. The Balaban J connectivity index is 1.94. The summed E-state index contributed by atoms with van der Waals surface area (Å²) < 4.78 is 25.7. The molecule has 3 rings (SSSR count). The van der Waals surface area contributed by atoms with E-state index in [1.807, 2.05) is 0 Å². The Kier molecular flexibility index (Phi) is 1.60. The molecule has 2 aliphatic carbocycles. The van der Waals surface area contributed by atoms with Gasteiger partial charge in [-0.15, -0.1) is 0 Å². The first-order valence-corrected chi connectivity index (χ1v) is 5.24. The molecular formula is C10H13F2N3. The summed E-state index contributed by atoms with van der Waals surface area (Å²) in [6.45, 7) is 0. The van der Waals surface area contributed by atoms with Crippen molar-refractivity contribution >= 4 is 0 Å². The van der Waals surface area contributed by atoms with Crippen LogP contribution in [-0.4, -0.2) is 16.1 Å². The number of rotatable bonds is 1. The molecule has 0 aliphatic heterocycles. The van der Waals surface area contributed by atoms with E-state index in [0.717, 1.165) is 30.5 Å². The van der Waals surface area contributed by atoms with Crippen LogP contribution in [0.15, 0.2) is 0 Å². The second kappa shape index (κ2) is 2.58. The SMILES string of the molecule is NC1(c2n[nH]c3c2CCC3)CC(F)(F)C1. The summed E-state index contributed by atoms with van der Waals surface area (Å²) in [6, 6.07) is 0. The third kappa shape index (κ3) is 1.22. The second-order valence-electron chi connectivity index (χ2n) is 4.75. The number of fused-ring (bicyclic) bond motifs is 1. The van der Waals surface area contributed by atoms with Gasteiger partial charge in [-0.25, -0.2) is 8.78 Å². The number of hydrogen-bond donors (Lipinski definition) is 2. The smallest absolute Gasteiger partial charge is 0.252 e. The minimum absolute atomic E-state index is 0.267. The van der Waals surface area contributed by atoms with Gasteiger partial charge in [0.25, 0.3) is 5.92 Å². The number of nitrogens with two attached hydrogens (primary N) is 1. The molecule has 1 saturated carbocycles. The summed E-state index contributed by atoms with van der Waals surface area (Å²) in [5, 5.41) is 7.03. The van der Waals surface area contributed by atoms with Crippen LogP contribution in [0.5, 0.6) is 0 Å². The highest BCUT2D eigenvalue weighted by Gasteiger charge is 2.57. The van der Waals surface area contributed by atoms with Gasteiger partial charge in [0, 0.05) is 18.5 Å². The summed E-state index contributed by atoms with van der Waals surface area (Å²) in [5.41, 5.74) is 7.92. The summed E-state index contributed by atoms with van der Waals surface area (Å²) in [7, 11) is 0. The molecule has 1 aromatic heterocycles. The van der Waals surface area contributed by atoms with E-state index in [2.05, 4.69) is 10.2 Å². The summed E-state index contributed by atoms with van der Waals surface area (Å²) >= 11 is 0. The summed E-state index contributed by atoms with van der Waals surface area (Å²) in [5.74, 6) is -2.60. The van der Waals surface area contributed by atoms with E-state index in [0.29, 0.717) is 5.69 Å². The number of aromatic nitrogens is 2. The van der Waals surface area contributed by atoms with Gasteiger partial charge in [0.05, 0.1) is 11.2 Å². The van der Waals surface area contributed by atoms with Crippen molar-refractivity contribution in [2.24, 2.45) is 5.73 Å². The van der Waals surface area contributed by atoms with Crippen LogP contribution in [0.4, 0.5) is 8.78 Å². The Morgan fingerprint density at radius 3 is 2.67 bits per heavy atom. The van der Waals surface area contributed by atoms with Crippen molar-refractivity contribution in [2.75, 3.05) is 0 Å². The maximum Gasteiger partial charge on any atom is 0.252 e. The molecular weight excluding hydrogens is 200 g/mol. The largest absolute Gasteiger partial charge is 0.320 e. The van der Waals surface area contributed by atoms with Crippen molar-refractivity contribution in [2.45, 2.75) is 43.6 Å². The Morgan fingerprint density at radius 2 is 2.00 bits per heavy atom. The van der Waals surface area contributed by atoms with Crippen LogP contribution in [0, 0.1) is 0 Å². The van der Waals surface area contributed by atoms with E-state index in [9.17, 15) is 8.78 Å². The monoisotopic (exact) mass is 213 g/mol. The normalized spacial score (nSPS) is 26.1. The molecule has 3 N–H and O–H groups in total. The first-order chi connectivity index (χ1) is 7.00. The van der Waals surface area contributed by atoms with Crippen LogP contribution in [0.1, 0.15) is 36.2 Å². The third-order valence-corrected chi connectivity index (χ3v) is 3.43. The number of H-pyrrole nitrogens is 1. The molecule has 0 spiro atoms. The zero-order chi connectivity index (χ0) is 10.7. The molecule has 0 amide bonds. The topological polar surface area (TPSA) is 54.7 Å². The van der Waals surface area contributed by atoms with Gasteiger partial charge in [-0.1, -0.05) is 0 Å². The zero-order valence-corrected chi connectivity index (χ0v) is 8.32. The number of aryl methyl sites for hydroxylation is 1. The molecule has 0 radical (unpaired) electrons. The maximum absolute atomic E-state index is 12.9. The third-order valence-electron chi connectivity index (χ3n) is 3.43. The lowest BCUT2D eigenvalue weighted by Gasteiger charge is -2.43. The number of nitrogens with one attached hydrogen (secondary N) is 1. The molecule has 3 nitrogen and oxygen atoms in total. The quantitative estimate of drug-likeness (QED) is 0.742. The van der Waals surface area contributed by atoms with Gasteiger partial charge in [-0.05, 0) is 24.8 Å². The van der Waals surface area contributed by atoms with Crippen LogP contribution >= 0.6 is 0 Å². The summed E-state index contributed by atoms with van der Waals surface area (Å²) in [6.07, 6.45) is 2.43. The number of alkyl halides is 2. The Labute approximate surface area is 86.0 Å². The van der Waals surface area contributed by atoms with Crippen molar-refractivity contribution in [3.63, 3.8) is 0 Å². The molecule has 0 unspecified atom stereocenters. The van der Waals surface area contributed by atoms with Crippen molar-refractivity contribution in [3.8, 4) is 0 Å². The van der Waals surface area contributed by atoms with Gasteiger partial charge in [0.1, 0.15) is 0 Å². The molecule has 15 heavy (non-hydrogen) atoms. The standard InChI is InChI=1S/C10H13F2N3/c11-10(12)4-9(13,5-10)8-6-2-1-3-7(6)14-15-8/h1-5,13H2,(H,14,15). The molecule has 1 aromatic rings. The van der Waals surface area contributed by atoms with Crippen molar-refractivity contribution in [3.05, 3.63) is 17.0 Å². The van der Waals surface area contributed by atoms with Gasteiger partial charge in [0.15, 0.2) is 0 Å². The molecule has 0 saturated heterocycles. The van der Waals surface area contributed by atoms with E-state index in [1.165, 1.54) is 0 Å². The van der Waals surface area contributed by atoms with E-state index in [4.69, 9.17) is 5.73 Å². The second-order valence-corrected chi connectivity index (χ2v) is 4.75. The predicted octanol–water partition coefficient (Wildman–Crippen LogP) is 1.48. The van der Waals surface area contributed by atoms with Crippen LogP contribution in [-0.2, 0) is 18.4 Å². The Morgan fingerprint density at radius 1 is 1.27 bits per heavy atom. The van der Waals surface area contributed by atoms with Crippen LogP contribution < -0.4 is 5.73 Å². The van der Waals surface area contributed by atoms with Gasteiger partial charge in [-0.3, -0.25) is 5.10 Å². The van der Waals surface area contributed by atoms with Gasteiger partial charge in [-0.2, -0.15) is 5.10 Å². The lowest BCUT2D eigenvalue weighted by molar-refractivity contribution is -0.126. The van der Waals surface area contributed by atoms with E-state index in [-0.39, 0.29) is 12.8 Å². The minimum Gasteiger partial charge on any atom is -0.320 e.